The molecule has 2 rings (SSSR count). The number of aromatic nitrogens is 1. The molecule has 1 aromatic carbocycles. The highest BCUT2D eigenvalue weighted by Gasteiger charge is 2.15. The summed E-state index contributed by atoms with van der Waals surface area (Å²) in [7, 11) is -3.80. The first-order chi connectivity index (χ1) is 11.3. The first-order valence-electron chi connectivity index (χ1n) is 7.02. The van der Waals surface area contributed by atoms with Gasteiger partial charge in [0.2, 0.25) is 0 Å². The van der Waals surface area contributed by atoms with Crippen molar-refractivity contribution in [3.05, 3.63) is 53.9 Å². The van der Waals surface area contributed by atoms with Crippen molar-refractivity contribution in [2.75, 3.05) is 4.72 Å². The van der Waals surface area contributed by atoms with E-state index >= 15 is 0 Å². The quantitative estimate of drug-likeness (QED) is 0.826. The molecule has 124 valence electrons. The number of nitriles is 1. The fourth-order valence-electron chi connectivity index (χ4n) is 1.97. The molecular weight excluding hydrogens is 330 g/mol. The van der Waals surface area contributed by atoms with Crippen molar-refractivity contribution in [2.45, 2.75) is 18.2 Å². The molecule has 0 spiro atoms. The van der Waals surface area contributed by atoms with E-state index in [9.17, 15) is 13.2 Å². The molecule has 1 atom stereocenters. The number of sulfonamides is 1. The molecule has 0 amide bonds. The Morgan fingerprint density at radius 3 is 2.46 bits per heavy atom. The molecule has 0 bridgehead atoms. The molecule has 1 aromatic heterocycles. The van der Waals surface area contributed by atoms with Crippen molar-refractivity contribution in [1.29, 1.82) is 5.26 Å². The lowest BCUT2D eigenvalue weighted by atomic mass is 10.0. The highest BCUT2D eigenvalue weighted by atomic mass is 32.2. The summed E-state index contributed by atoms with van der Waals surface area (Å²) < 4.78 is 26.9. The Morgan fingerprint density at radius 2 is 1.96 bits per heavy atom. The van der Waals surface area contributed by atoms with Crippen LogP contribution in [0.5, 0.6) is 0 Å². The molecule has 1 heterocycles. The lowest BCUT2D eigenvalue weighted by Gasteiger charge is -2.10. The third kappa shape index (κ3) is 4.30. The summed E-state index contributed by atoms with van der Waals surface area (Å²) in [6, 6.07) is 10.9. The predicted molar refractivity (Wildman–Crippen MR) is 86.7 cm³/mol. The van der Waals surface area contributed by atoms with Gasteiger partial charge >= 0.3 is 5.97 Å². The molecule has 0 saturated carbocycles. The van der Waals surface area contributed by atoms with Gasteiger partial charge in [-0.3, -0.25) is 9.52 Å². The Hall–Kier alpha value is -2.92. The van der Waals surface area contributed by atoms with Crippen LogP contribution >= 0.6 is 0 Å². The molecule has 8 heteroatoms. The maximum absolute atomic E-state index is 12.2. The van der Waals surface area contributed by atoms with Crippen molar-refractivity contribution in [3.8, 4) is 6.07 Å². The number of aliphatic carboxylic acids is 1. The van der Waals surface area contributed by atoms with Gasteiger partial charge in [-0.15, -0.1) is 0 Å². The van der Waals surface area contributed by atoms with Gasteiger partial charge < -0.3 is 5.11 Å². The zero-order chi connectivity index (χ0) is 17.7. The van der Waals surface area contributed by atoms with E-state index in [0.717, 1.165) is 11.8 Å². The second-order valence-electron chi connectivity index (χ2n) is 5.24. The minimum atomic E-state index is -3.80. The molecule has 2 aromatic rings. The summed E-state index contributed by atoms with van der Waals surface area (Å²) in [5.41, 5.74) is 1.28. The SMILES string of the molecule is CC(Cc1ccc(NS(=O)(=O)c2ccc(C#N)nc2)cc1)C(=O)O. The van der Waals surface area contributed by atoms with E-state index in [4.69, 9.17) is 10.4 Å². The van der Waals surface area contributed by atoms with Crippen LogP contribution in [0.25, 0.3) is 0 Å². The molecule has 2 N–H and O–H groups in total. The number of hydrogen-bond acceptors (Lipinski definition) is 5. The number of pyridine rings is 1. The van der Waals surface area contributed by atoms with Crippen molar-refractivity contribution in [2.24, 2.45) is 5.92 Å². The van der Waals surface area contributed by atoms with Gasteiger partial charge in [0.25, 0.3) is 10.0 Å². The predicted octanol–water partition coefficient (Wildman–Crippen LogP) is 2.02. The van der Waals surface area contributed by atoms with Crippen LogP contribution in [0.3, 0.4) is 0 Å². The van der Waals surface area contributed by atoms with E-state index < -0.39 is 21.9 Å². The van der Waals surface area contributed by atoms with Crippen molar-refractivity contribution < 1.29 is 18.3 Å². The molecule has 0 fully saturated rings. The Labute approximate surface area is 139 Å². The maximum atomic E-state index is 12.2. The largest absolute Gasteiger partial charge is 0.481 e. The van der Waals surface area contributed by atoms with Crippen LogP contribution in [0.15, 0.2) is 47.5 Å². The molecule has 0 saturated heterocycles. The minimum Gasteiger partial charge on any atom is -0.481 e. The number of carbonyl (C=O) groups is 1. The third-order valence-corrected chi connectivity index (χ3v) is 4.70. The van der Waals surface area contributed by atoms with Gasteiger partial charge in [-0.05, 0) is 36.2 Å². The number of benzene rings is 1. The summed E-state index contributed by atoms with van der Waals surface area (Å²) in [6.07, 6.45) is 1.48. The number of carboxylic acids is 1. The molecule has 1 unspecified atom stereocenters. The molecule has 0 aliphatic carbocycles. The van der Waals surface area contributed by atoms with E-state index in [0.29, 0.717) is 12.1 Å². The molecule has 0 aliphatic heterocycles. The Bertz CT molecular complexity index is 869. The summed E-state index contributed by atoms with van der Waals surface area (Å²) in [6.45, 7) is 1.61. The molecular formula is C16H15N3O4S. The van der Waals surface area contributed by atoms with Crippen LogP contribution in [0.2, 0.25) is 0 Å². The number of rotatable bonds is 6. The number of anilines is 1. The van der Waals surface area contributed by atoms with Gasteiger partial charge in [-0.2, -0.15) is 5.26 Å². The number of nitrogens with zero attached hydrogens (tertiary/aromatic N) is 2. The van der Waals surface area contributed by atoms with Crippen molar-refractivity contribution in [1.82, 2.24) is 4.98 Å². The summed E-state index contributed by atoms with van der Waals surface area (Å²) in [4.78, 5) is 14.5. The lowest BCUT2D eigenvalue weighted by molar-refractivity contribution is -0.141. The Morgan fingerprint density at radius 1 is 1.29 bits per heavy atom. The molecule has 0 aliphatic rings. The lowest BCUT2D eigenvalue weighted by Crippen LogP contribution is -2.14. The fourth-order valence-corrected chi connectivity index (χ4v) is 2.97. The summed E-state index contributed by atoms with van der Waals surface area (Å²) in [5.74, 6) is -1.40. The van der Waals surface area contributed by atoms with E-state index in [1.54, 1.807) is 31.2 Å². The van der Waals surface area contributed by atoms with Crippen LogP contribution < -0.4 is 4.72 Å². The second kappa shape index (κ2) is 7.10. The highest BCUT2D eigenvalue weighted by molar-refractivity contribution is 7.92. The zero-order valence-electron chi connectivity index (χ0n) is 12.8. The number of nitrogens with one attached hydrogen (secondary N) is 1. The normalized spacial score (nSPS) is 12.2. The van der Waals surface area contributed by atoms with Gasteiger partial charge in [-0.1, -0.05) is 19.1 Å². The number of carboxylic acid groups (broad SMARTS) is 1. The van der Waals surface area contributed by atoms with Gasteiger partial charge in [0.05, 0.1) is 5.92 Å². The monoisotopic (exact) mass is 345 g/mol. The van der Waals surface area contributed by atoms with Crippen LogP contribution in [0, 0.1) is 17.2 Å². The van der Waals surface area contributed by atoms with Crippen LogP contribution in [-0.2, 0) is 21.2 Å². The topological polar surface area (TPSA) is 120 Å². The average Bonchev–Trinajstić information content (AvgIpc) is 2.56. The molecule has 7 nitrogen and oxygen atoms in total. The van der Waals surface area contributed by atoms with Gasteiger partial charge in [0.1, 0.15) is 16.7 Å². The Kier molecular flexibility index (Phi) is 5.16. The molecule has 24 heavy (non-hydrogen) atoms. The maximum Gasteiger partial charge on any atom is 0.306 e. The first-order valence-corrected chi connectivity index (χ1v) is 8.51. The van der Waals surface area contributed by atoms with E-state index in [2.05, 4.69) is 9.71 Å². The van der Waals surface area contributed by atoms with Crippen LogP contribution in [0.4, 0.5) is 5.69 Å². The van der Waals surface area contributed by atoms with Gasteiger partial charge in [0.15, 0.2) is 0 Å². The Balaban J connectivity index is 2.12. The van der Waals surface area contributed by atoms with E-state index in [-0.39, 0.29) is 10.6 Å². The van der Waals surface area contributed by atoms with E-state index in [1.165, 1.54) is 12.1 Å². The second-order valence-corrected chi connectivity index (χ2v) is 6.92. The molecule has 0 radical (unpaired) electrons. The summed E-state index contributed by atoms with van der Waals surface area (Å²) in [5, 5.41) is 17.6. The highest BCUT2D eigenvalue weighted by Crippen LogP contribution is 2.17. The fraction of sp³-hybridized carbons (Fsp3) is 0.188. The van der Waals surface area contributed by atoms with Crippen molar-refractivity contribution >= 4 is 21.7 Å². The van der Waals surface area contributed by atoms with Gasteiger partial charge in [0, 0.05) is 11.9 Å². The van der Waals surface area contributed by atoms with Crippen LogP contribution in [0.1, 0.15) is 18.2 Å². The number of hydrogen-bond donors (Lipinski definition) is 2. The van der Waals surface area contributed by atoms with E-state index in [1.807, 2.05) is 6.07 Å². The zero-order valence-corrected chi connectivity index (χ0v) is 13.6. The minimum absolute atomic E-state index is 0.0509. The smallest absolute Gasteiger partial charge is 0.306 e. The average molecular weight is 345 g/mol. The van der Waals surface area contributed by atoms with Crippen molar-refractivity contribution in [3.63, 3.8) is 0 Å². The van der Waals surface area contributed by atoms with Crippen LogP contribution in [-0.4, -0.2) is 24.5 Å². The first kappa shape index (κ1) is 17.4. The summed E-state index contributed by atoms with van der Waals surface area (Å²) >= 11 is 0. The standard InChI is InChI=1S/C16H15N3O4S/c1-11(16(20)21)8-12-2-4-13(5-3-12)19-24(22,23)15-7-6-14(9-17)18-10-15/h2-7,10-11,19H,8H2,1H3,(H,20,21). The third-order valence-electron chi connectivity index (χ3n) is 3.33. The van der Waals surface area contributed by atoms with Gasteiger partial charge in [-0.25, -0.2) is 13.4 Å².